The number of methoxy groups -OCH3 is 1. The molecule has 17 heavy (non-hydrogen) atoms. The van der Waals surface area contributed by atoms with Crippen molar-refractivity contribution in [3.8, 4) is 17.2 Å². The number of carbonyl (C=O) groups excluding carboxylic acids is 1. The summed E-state index contributed by atoms with van der Waals surface area (Å²) in [6, 6.07) is 1.38. The number of ether oxygens (including phenoxy) is 1. The van der Waals surface area contributed by atoms with Crippen LogP contribution in [0.25, 0.3) is 0 Å². The Morgan fingerprint density at radius 2 is 2.00 bits per heavy atom. The van der Waals surface area contributed by atoms with Crippen molar-refractivity contribution in [1.29, 1.82) is 0 Å². The highest BCUT2D eigenvalue weighted by molar-refractivity contribution is 6.02. The van der Waals surface area contributed by atoms with Crippen molar-refractivity contribution < 1.29 is 19.7 Å². The summed E-state index contributed by atoms with van der Waals surface area (Å²) in [5, 5.41) is 19.7. The van der Waals surface area contributed by atoms with E-state index in [1.807, 2.05) is 6.92 Å². The first-order valence-corrected chi connectivity index (χ1v) is 5.71. The molecule has 0 aromatic heterocycles. The topological polar surface area (TPSA) is 66.8 Å². The van der Waals surface area contributed by atoms with E-state index in [1.54, 1.807) is 6.92 Å². The average Bonchev–Trinajstić information content (AvgIpc) is 2.28. The fourth-order valence-corrected chi connectivity index (χ4v) is 1.80. The molecule has 1 aromatic rings. The summed E-state index contributed by atoms with van der Waals surface area (Å²) in [5.74, 6) is -0.162. The van der Waals surface area contributed by atoms with Gasteiger partial charge < -0.3 is 14.9 Å². The van der Waals surface area contributed by atoms with E-state index in [0.717, 1.165) is 0 Å². The molecule has 94 valence electrons. The van der Waals surface area contributed by atoms with Crippen molar-refractivity contribution >= 4 is 5.78 Å². The lowest BCUT2D eigenvalue weighted by Gasteiger charge is -2.14. The Hall–Kier alpha value is -1.71. The lowest BCUT2D eigenvalue weighted by Crippen LogP contribution is -2.04. The van der Waals surface area contributed by atoms with Gasteiger partial charge in [0, 0.05) is 18.1 Å². The van der Waals surface area contributed by atoms with Crippen LogP contribution in [-0.2, 0) is 6.42 Å². The Balaban J connectivity index is 3.39. The van der Waals surface area contributed by atoms with Crippen molar-refractivity contribution in [2.75, 3.05) is 7.11 Å². The molecule has 0 aliphatic heterocycles. The van der Waals surface area contributed by atoms with E-state index < -0.39 is 0 Å². The Morgan fingerprint density at radius 1 is 1.35 bits per heavy atom. The van der Waals surface area contributed by atoms with Crippen LogP contribution < -0.4 is 4.74 Å². The molecule has 0 radical (unpaired) electrons. The quantitative estimate of drug-likeness (QED) is 0.774. The Kier molecular flexibility index (Phi) is 4.37. The molecule has 0 saturated carbocycles. The third kappa shape index (κ3) is 2.52. The number of benzene rings is 1. The van der Waals surface area contributed by atoms with E-state index in [-0.39, 0.29) is 28.6 Å². The van der Waals surface area contributed by atoms with Crippen LogP contribution in [0.3, 0.4) is 0 Å². The molecule has 0 saturated heterocycles. The van der Waals surface area contributed by atoms with Gasteiger partial charge in [0.05, 0.1) is 7.11 Å². The van der Waals surface area contributed by atoms with Gasteiger partial charge in [0.1, 0.15) is 22.8 Å². The van der Waals surface area contributed by atoms with Crippen LogP contribution in [0, 0.1) is 0 Å². The molecule has 1 rings (SSSR count). The zero-order chi connectivity index (χ0) is 13.0. The van der Waals surface area contributed by atoms with Gasteiger partial charge in [-0.25, -0.2) is 0 Å². The first-order valence-electron chi connectivity index (χ1n) is 5.71. The lowest BCUT2D eigenvalue weighted by atomic mass is 9.99. The minimum atomic E-state index is -0.170. The maximum Gasteiger partial charge on any atom is 0.170 e. The SMILES string of the molecule is CCCC(=O)c1c(OC)cc(O)c(CC)c1O. The van der Waals surface area contributed by atoms with Gasteiger partial charge in [-0.3, -0.25) is 4.79 Å². The summed E-state index contributed by atoms with van der Waals surface area (Å²) in [6.45, 7) is 3.69. The molecule has 0 fully saturated rings. The smallest absolute Gasteiger partial charge is 0.170 e. The summed E-state index contributed by atoms with van der Waals surface area (Å²) in [4.78, 5) is 11.9. The van der Waals surface area contributed by atoms with Crippen LogP contribution in [0.2, 0.25) is 0 Å². The summed E-state index contributed by atoms with van der Waals surface area (Å²) < 4.78 is 5.03. The highest BCUT2D eigenvalue weighted by atomic mass is 16.5. The van der Waals surface area contributed by atoms with Crippen LogP contribution in [0.1, 0.15) is 42.6 Å². The molecular formula is C13H18O4. The fourth-order valence-electron chi connectivity index (χ4n) is 1.80. The Bertz CT molecular complexity index is 424. The van der Waals surface area contributed by atoms with Crippen molar-refractivity contribution in [3.63, 3.8) is 0 Å². The molecule has 0 spiro atoms. The number of Topliss-reactive ketones (excluding diaryl/α,β-unsaturated/α-hetero) is 1. The average molecular weight is 238 g/mol. The molecule has 0 unspecified atom stereocenters. The van der Waals surface area contributed by atoms with Crippen LogP contribution >= 0.6 is 0 Å². The highest BCUT2D eigenvalue weighted by Crippen LogP contribution is 2.38. The van der Waals surface area contributed by atoms with Crippen molar-refractivity contribution in [1.82, 2.24) is 0 Å². The first-order chi connectivity index (χ1) is 8.06. The van der Waals surface area contributed by atoms with E-state index >= 15 is 0 Å². The molecular weight excluding hydrogens is 220 g/mol. The van der Waals surface area contributed by atoms with E-state index in [4.69, 9.17) is 4.74 Å². The molecule has 4 nitrogen and oxygen atoms in total. The van der Waals surface area contributed by atoms with Crippen LogP contribution in [0.5, 0.6) is 17.2 Å². The van der Waals surface area contributed by atoms with Gasteiger partial charge in [0.25, 0.3) is 0 Å². The lowest BCUT2D eigenvalue weighted by molar-refractivity contribution is 0.0976. The van der Waals surface area contributed by atoms with Gasteiger partial charge >= 0.3 is 0 Å². The maximum absolute atomic E-state index is 11.9. The predicted octanol–water partition coefficient (Wildman–Crippen LogP) is 2.65. The summed E-state index contributed by atoms with van der Waals surface area (Å²) in [6.07, 6.45) is 1.50. The monoisotopic (exact) mass is 238 g/mol. The molecule has 0 aliphatic rings. The summed E-state index contributed by atoms with van der Waals surface area (Å²) in [7, 11) is 1.41. The largest absolute Gasteiger partial charge is 0.507 e. The van der Waals surface area contributed by atoms with Crippen LogP contribution in [0.4, 0.5) is 0 Å². The second kappa shape index (κ2) is 5.57. The van der Waals surface area contributed by atoms with Gasteiger partial charge in [-0.1, -0.05) is 13.8 Å². The molecule has 4 heteroatoms. The minimum Gasteiger partial charge on any atom is -0.507 e. The van der Waals surface area contributed by atoms with Crippen molar-refractivity contribution in [2.45, 2.75) is 33.1 Å². The van der Waals surface area contributed by atoms with E-state index in [0.29, 0.717) is 24.8 Å². The molecule has 0 atom stereocenters. The second-order valence-electron chi connectivity index (χ2n) is 3.83. The highest BCUT2D eigenvalue weighted by Gasteiger charge is 2.21. The maximum atomic E-state index is 11.9. The number of hydrogen-bond donors (Lipinski definition) is 2. The third-order valence-electron chi connectivity index (χ3n) is 2.68. The molecule has 0 heterocycles. The van der Waals surface area contributed by atoms with Gasteiger partial charge in [0.2, 0.25) is 0 Å². The normalized spacial score (nSPS) is 10.3. The van der Waals surface area contributed by atoms with E-state index in [9.17, 15) is 15.0 Å². The third-order valence-corrected chi connectivity index (χ3v) is 2.68. The number of phenols is 2. The summed E-state index contributed by atoms with van der Waals surface area (Å²) in [5.41, 5.74) is 0.550. The van der Waals surface area contributed by atoms with E-state index in [2.05, 4.69) is 0 Å². The van der Waals surface area contributed by atoms with Gasteiger partial charge in [0.15, 0.2) is 5.78 Å². The zero-order valence-electron chi connectivity index (χ0n) is 10.4. The molecule has 0 aliphatic carbocycles. The number of ketones is 1. The molecule has 2 N–H and O–H groups in total. The van der Waals surface area contributed by atoms with Crippen LogP contribution in [0.15, 0.2) is 6.07 Å². The zero-order valence-corrected chi connectivity index (χ0v) is 10.4. The minimum absolute atomic E-state index is 0.0464. The number of rotatable bonds is 5. The predicted molar refractivity (Wildman–Crippen MR) is 64.9 cm³/mol. The molecule has 0 amide bonds. The number of carbonyl (C=O) groups is 1. The number of aromatic hydroxyl groups is 2. The summed E-state index contributed by atoms with van der Waals surface area (Å²) >= 11 is 0. The number of hydrogen-bond acceptors (Lipinski definition) is 4. The molecule has 0 bridgehead atoms. The van der Waals surface area contributed by atoms with Gasteiger partial charge in [-0.05, 0) is 12.8 Å². The van der Waals surface area contributed by atoms with E-state index in [1.165, 1.54) is 13.2 Å². The van der Waals surface area contributed by atoms with Crippen molar-refractivity contribution in [3.05, 3.63) is 17.2 Å². The fraction of sp³-hybridized carbons (Fsp3) is 0.462. The molecule has 1 aromatic carbocycles. The van der Waals surface area contributed by atoms with Gasteiger partial charge in [-0.2, -0.15) is 0 Å². The van der Waals surface area contributed by atoms with Crippen molar-refractivity contribution in [2.24, 2.45) is 0 Å². The first kappa shape index (κ1) is 13.4. The van der Waals surface area contributed by atoms with Gasteiger partial charge in [-0.15, -0.1) is 0 Å². The standard InChI is InChI=1S/C13H18O4/c1-4-6-9(14)12-11(17-3)7-10(15)8(5-2)13(12)16/h7,15-16H,4-6H2,1-3H3. The Morgan fingerprint density at radius 3 is 2.47 bits per heavy atom. The second-order valence-corrected chi connectivity index (χ2v) is 3.83. The Labute approximate surface area is 101 Å². The van der Waals surface area contributed by atoms with Crippen LogP contribution in [-0.4, -0.2) is 23.1 Å². The number of phenolic OH excluding ortho intramolecular Hbond substituents is 2.